The molecule has 0 bridgehead atoms. The van der Waals surface area contributed by atoms with Gasteiger partial charge in [0.05, 0.1) is 6.61 Å². The van der Waals surface area contributed by atoms with E-state index < -0.39 is 12.0 Å². The first-order chi connectivity index (χ1) is 9.43. The predicted octanol–water partition coefficient (Wildman–Crippen LogP) is 0.933. The van der Waals surface area contributed by atoms with Crippen LogP contribution in [0.5, 0.6) is 0 Å². The van der Waals surface area contributed by atoms with Crippen LogP contribution in [0, 0.1) is 0 Å². The van der Waals surface area contributed by atoms with Gasteiger partial charge in [0.2, 0.25) is 0 Å². The van der Waals surface area contributed by atoms with Crippen molar-refractivity contribution in [2.24, 2.45) is 0 Å². The molecule has 2 amide bonds. The number of nitrogens with one attached hydrogen (secondary N) is 1. The molecule has 0 radical (unpaired) electrons. The van der Waals surface area contributed by atoms with Gasteiger partial charge in [0.1, 0.15) is 6.04 Å². The van der Waals surface area contributed by atoms with Gasteiger partial charge >= 0.3 is 12.0 Å². The monoisotopic (exact) mass is 290 g/mol. The van der Waals surface area contributed by atoms with E-state index in [-0.39, 0.29) is 12.1 Å². The van der Waals surface area contributed by atoms with Gasteiger partial charge < -0.3 is 24.8 Å². The lowest BCUT2D eigenvalue weighted by atomic mass is 10.1. The molecule has 0 spiro atoms. The average molecular weight is 290 g/mol. The SMILES string of the molecule is COCCCC(NC(=O)N(CCOC)C(C)C)C(=O)O. The molecule has 0 aliphatic rings. The maximum Gasteiger partial charge on any atom is 0.326 e. The first-order valence-electron chi connectivity index (χ1n) is 6.71. The quantitative estimate of drug-likeness (QED) is 0.584. The van der Waals surface area contributed by atoms with Crippen molar-refractivity contribution in [1.29, 1.82) is 0 Å². The minimum absolute atomic E-state index is 0.0291. The van der Waals surface area contributed by atoms with Gasteiger partial charge in [-0.15, -0.1) is 0 Å². The maximum atomic E-state index is 12.1. The smallest absolute Gasteiger partial charge is 0.326 e. The van der Waals surface area contributed by atoms with Gasteiger partial charge in [0.25, 0.3) is 0 Å². The number of aliphatic carboxylic acids is 1. The van der Waals surface area contributed by atoms with Crippen LogP contribution in [-0.2, 0) is 14.3 Å². The summed E-state index contributed by atoms with van der Waals surface area (Å²) in [4.78, 5) is 24.8. The second-order valence-corrected chi connectivity index (χ2v) is 4.76. The highest BCUT2D eigenvalue weighted by Crippen LogP contribution is 2.03. The van der Waals surface area contributed by atoms with Crippen molar-refractivity contribution in [1.82, 2.24) is 10.2 Å². The highest BCUT2D eigenvalue weighted by molar-refractivity contribution is 5.82. The Balaban J connectivity index is 4.49. The zero-order valence-corrected chi connectivity index (χ0v) is 12.7. The molecule has 7 nitrogen and oxygen atoms in total. The Morgan fingerprint density at radius 1 is 1.20 bits per heavy atom. The predicted molar refractivity (Wildman–Crippen MR) is 74.8 cm³/mol. The van der Waals surface area contributed by atoms with Gasteiger partial charge in [-0.1, -0.05) is 0 Å². The van der Waals surface area contributed by atoms with Crippen LogP contribution in [0.1, 0.15) is 26.7 Å². The number of amides is 2. The van der Waals surface area contributed by atoms with Crippen molar-refractivity contribution in [2.75, 3.05) is 34.0 Å². The third kappa shape index (κ3) is 7.30. The van der Waals surface area contributed by atoms with E-state index in [4.69, 9.17) is 14.6 Å². The van der Waals surface area contributed by atoms with Crippen molar-refractivity contribution in [2.45, 2.75) is 38.8 Å². The molecule has 0 fully saturated rings. The summed E-state index contributed by atoms with van der Waals surface area (Å²) in [6.07, 6.45) is 0.915. The molecule has 0 aliphatic heterocycles. The molecule has 7 heteroatoms. The van der Waals surface area contributed by atoms with E-state index in [2.05, 4.69) is 5.32 Å². The first-order valence-corrected chi connectivity index (χ1v) is 6.71. The average Bonchev–Trinajstić information content (AvgIpc) is 2.37. The fraction of sp³-hybridized carbons (Fsp3) is 0.846. The number of nitrogens with zero attached hydrogens (tertiary/aromatic N) is 1. The Bertz CT molecular complexity index is 296. The minimum Gasteiger partial charge on any atom is -0.480 e. The molecule has 0 aromatic carbocycles. The summed E-state index contributed by atoms with van der Waals surface area (Å²) in [7, 11) is 3.11. The standard InChI is InChI=1S/C13H26N2O5/c1-10(2)15(7-9-20-4)13(18)14-11(12(16)17)6-5-8-19-3/h10-11H,5-9H2,1-4H3,(H,14,18)(H,16,17). The number of rotatable bonds is 10. The molecule has 118 valence electrons. The zero-order valence-electron chi connectivity index (χ0n) is 12.7. The molecular formula is C13H26N2O5. The van der Waals surface area contributed by atoms with E-state index >= 15 is 0 Å². The van der Waals surface area contributed by atoms with E-state index in [0.29, 0.717) is 32.6 Å². The summed E-state index contributed by atoms with van der Waals surface area (Å²) in [5.74, 6) is -1.04. The third-order valence-corrected chi connectivity index (χ3v) is 2.86. The van der Waals surface area contributed by atoms with Crippen LogP contribution in [0.2, 0.25) is 0 Å². The van der Waals surface area contributed by atoms with E-state index in [9.17, 15) is 9.59 Å². The molecule has 20 heavy (non-hydrogen) atoms. The topological polar surface area (TPSA) is 88.1 Å². The van der Waals surface area contributed by atoms with Crippen molar-refractivity contribution in [3.63, 3.8) is 0 Å². The van der Waals surface area contributed by atoms with Crippen molar-refractivity contribution in [3.8, 4) is 0 Å². The molecule has 1 unspecified atom stereocenters. The molecule has 0 saturated heterocycles. The van der Waals surface area contributed by atoms with Gasteiger partial charge in [-0.3, -0.25) is 0 Å². The lowest BCUT2D eigenvalue weighted by Crippen LogP contribution is -2.51. The number of carboxylic acid groups (broad SMARTS) is 1. The lowest BCUT2D eigenvalue weighted by Gasteiger charge is -2.28. The van der Waals surface area contributed by atoms with Crippen LogP contribution in [0.3, 0.4) is 0 Å². The number of urea groups is 1. The molecule has 1 atom stereocenters. The van der Waals surface area contributed by atoms with Crippen LogP contribution in [0.4, 0.5) is 4.79 Å². The van der Waals surface area contributed by atoms with E-state index in [0.717, 1.165) is 0 Å². The van der Waals surface area contributed by atoms with Gasteiger partial charge in [-0.25, -0.2) is 9.59 Å². The number of carbonyl (C=O) groups is 2. The number of carboxylic acids is 1. The maximum absolute atomic E-state index is 12.1. The van der Waals surface area contributed by atoms with E-state index in [1.807, 2.05) is 13.8 Å². The van der Waals surface area contributed by atoms with Crippen LogP contribution < -0.4 is 5.32 Å². The Morgan fingerprint density at radius 2 is 1.80 bits per heavy atom. The molecule has 0 saturated carbocycles. The summed E-state index contributed by atoms with van der Waals surface area (Å²) in [5.41, 5.74) is 0. The van der Waals surface area contributed by atoms with Crippen molar-refractivity contribution in [3.05, 3.63) is 0 Å². The Hall–Kier alpha value is -1.34. The highest BCUT2D eigenvalue weighted by Gasteiger charge is 2.24. The van der Waals surface area contributed by atoms with Gasteiger partial charge in [-0.2, -0.15) is 0 Å². The molecule has 0 rings (SSSR count). The molecular weight excluding hydrogens is 264 g/mol. The summed E-state index contributed by atoms with van der Waals surface area (Å²) < 4.78 is 9.83. The van der Waals surface area contributed by atoms with E-state index in [1.165, 1.54) is 0 Å². The lowest BCUT2D eigenvalue weighted by molar-refractivity contribution is -0.139. The van der Waals surface area contributed by atoms with Crippen molar-refractivity contribution < 1.29 is 24.2 Å². The summed E-state index contributed by atoms with van der Waals surface area (Å²) in [6.45, 7) is 5.04. The van der Waals surface area contributed by atoms with Crippen LogP contribution in [0.15, 0.2) is 0 Å². The van der Waals surface area contributed by atoms with Gasteiger partial charge in [0, 0.05) is 33.4 Å². The second-order valence-electron chi connectivity index (χ2n) is 4.76. The summed E-state index contributed by atoms with van der Waals surface area (Å²) >= 11 is 0. The largest absolute Gasteiger partial charge is 0.480 e. The molecule has 0 heterocycles. The Kier molecular flexibility index (Phi) is 9.75. The first kappa shape index (κ1) is 18.7. The Labute approximate surface area is 120 Å². The fourth-order valence-electron chi connectivity index (χ4n) is 1.71. The summed E-state index contributed by atoms with van der Waals surface area (Å²) in [5, 5.41) is 11.7. The number of hydrogen-bond acceptors (Lipinski definition) is 4. The zero-order chi connectivity index (χ0) is 15.5. The minimum atomic E-state index is -1.04. The van der Waals surface area contributed by atoms with E-state index in [1.54, 1.807) is 19.1 Å². The fourth-order valence-corrected chi connectivity index (χ4v) is 1.71. The third-order valence-electron chi connectivity index (χ3n) is 2.86. The van der Waals surface area contributed by atoms with Gasteiger partial charge in [0.15, 0.2) is 0 Å². The normalized spacial score (nSPS) is 12.2. The summed E-state index contributed by atoms with van der Waals surface area (Å²) in [6, 6.07) is -1.32. The van der Waals surface area contributed by atoms with Crippen LogP contribution in [0.25, 0.3) is 0 Å². The molecule has 0 aliphatic carbocycles. The number of carbonyl (C=O) groups excluding carboxylic acids is 1. The number of methoxy groups -OCH3 is 2. The molecule has 0 aromatic rings. The van der Waals surface area contributed by atoms with Crippen molar-refractivity contribution >= 4 is 12.0 Å². The Morgan fingerprint density at radius 3 is 2.25 bits per heavy atom. The van der Waals surface area contributed by atoms with Crippen LogP contribution in [-0.4, -0.2) is 68.1 Å². The highest BCUT2D eigenvalue weighted by atomic mass is 16.5. The van der Waals surface area contributed by atoms with Crippen LogP contribution >= 0.6 is 0 Å². The van der Waals surface area contributed by atoms with Gasteiger partial charge in [-0.05, 0) is 26.7 Å². The molecule has 2 N–H and O–H groups in total. The number of hydrogen-bond donors (Lipinski definition) is 2. The molecule has 0 aromatic heterocycles. The second kappa shape index (κ2) is 10.4. The number of ether oxygens (including phenoxy) is 2.